The molecule has 1 aliphatic rings. The van der Waals surface area contributed by atoms with E-state index in [0.717, 1.165) is 37.1 Å². The standard InChI is InChI=1S/C20H25N5O3/c26-25(27)18-8-6-16(7-9-18)14-23-20(24-15-19-5-3-13-28-19)22-12-10-17-4-1-2-11-21-17/h1-2,4,6-9,11,19H,3,5,10,12-15H2,(H2,22,23,24). The summed E-state index contributed by atoms with van der Waals surface area (Å²) in [6.45, 7) is 2.65. The zero-order chi connectivity index (χ0) is 19.6. The number of hydrogen-bond donors (Lipinski definition) is 2. The molecule has 2 N–H and O–H groups in total. The molecule has 0 aliphatic carbocycles. The number of nitrogens with zero attached hydrogens (tertiary/aromatic N) is 3. The maximum Gasteiger partial charge on any atom is 0.269 e. The molecule has 0 radical (unpaired) electrons. The Morgan fingerprint density at radius 1 is 1.25 bits per heavy atom. The molecule has 0 spiro atoms. The van der Waals surface area contributed by atoms with Gasteiger partial charge in [-0.25, -0.2) is 4.99 Å². The van der Waals surface area contributed by atoms with Crippen LogP contribution in [0.5, 0.6) is 0 Å². The van der Waals surface area contributed by atoms with Crippen LogP contribution in [-0.2, 0) is 17.7 Å². The zero-order valence-corrected chi connectivity index (χ0v) is 15.7. The molecule has 1 fully saturated rings. The second-order valence-electron chi connectivity index (χ2n) is 6.60. The maximum atomic E-state index is 10.8. The highest BCUT2D eigenvalue weighted by Crippen LogP contribution is 2.13. The van der Waals surface area contributed by atoms with Crippen LogP contribution in [0.4, 0.5) is 5.69 Å². The van der Waals surface area contributed by atoms with Crippen LogP contribution in [0.15, 0.2) is 53.7 Å². The average molecular weight is 383 g/mol. The van der Waals surface area contributed by atoms with Crippen molar-refractivity contribution in [2.24, 2.45) is 4.99 Å². The molecule has 1 aliphatic heterocycles. The Kier molecular flexibility index (Phi) is 7.31. The third kappa shape index (κ3) is 6.31. The van der Waals surface area contributed by atoms with E-state index in [-0.39, 0.29) is 11.8 Å². The molecular weight excluding hydrogens is 358 g/mol. The normalized spacial score (nSPS) is 16.7. The van der Waals surface area contributed by atoms with Crippen molar-refractivity contribution in [1.82, 2.24) is 15.6 Å². The Morgan fingerprint density at radius 2 is 2.11 bits per heavy atom. The number of nitrogens with one attached hydrogen (secondary N) is 2. The van der Waals surface area contributed by atoms with Gasteiger partial charge in [-0.1, -0.05) is 18.2 Å². The van der Waals surface area contributed by atoms with Gasteiger partial charge in [0.1, 0.15) is 0 Å². The topological polar surface area (TPSA) is 102 Å². The molecule has 8 nitrogen and oxygen atoms in total. The number of non-ortho nitro benzene ring substituents is 1. The van der Waals surface area contributed by atoms with Gasteiger partial charge in [0, 0.05) is 50.1 Å². The Labute approximate surface area is 164 Å². The largest absolute Gasteiger partial charge is 0.376 e. The summed E-state index contributed by atoms with van der Waals surface area (Å²) in [6, 6.07) is 12.3. The van der Waals surface area contributed by atoms with Crippen LogP contribution in [0.25, 0.3) is 0 Å². The highest BCUT2D eigenvalue weighted by atomic mass is 16.6. The summed E-state index contributed by atoms with van der Waals surface area (Å²) in [6.07, 6.45) is 4.93. The van der Waals surface area contributed by atoms with Crippen molar-refractivity contribution in [3.8, 4) is 0 Å². The molecular formula is C20H25N5O3. The molecule has 2 aromatic rings. The number of pyridine rings is 1. The van der Waals surface area contributed by atoms with Crippen molar-refractivity contribution in [3.05, 3.63) is 70.0 Å². The molecule has 1 aromatic heterocycles. The van der Waals surface area contributed by atoms with Crippen LogP contribution in [0, 0.1) is 10.1 Å². The molecule has 8 heteroatoms. The number of nitro benzene ring substituents is 1. The minimum Gasteiger partial charge on any atom is -0.376 e. The van der Waals surface area contributed by atoms with Gasteiger partial charge in [0.2, 0.25) is 0 Å². The van der Waals surface area contributed by atoms with E-state index in [1.807, 2.05) is 18.2 Å². The van der Waals surface area contributed by atoms with Gasteiger partial charge in [-0.05, 0) is 30.5 Å². The van der Waals surface area contributed by atoms with E-state index >= 15 is 0 Å². The first-order chi connectivity index (χ1) is 13.7. The summed E-state index contributed by atoms with van der Waals surface area (Å²) in [5.41, 5.74) is 2.01. The number of ether oxygens (including phenoxy) is 1. The van der Waals surface area contributed by atoms with Crippen LogP contribution < -0.4 is 10.6 Å². The van der Waals surface area contributed by atoms with Gasteiger partial charge in [-0.2, -0.15) is 0 Å². The number of rotatable bonds is 8. The van der Waals surface area contributed by atoms with Gasteiger partial charge in [-0.15, -0.1) is 0 Å². The van der Waals surface area contributed by atoms with Crippen molar-refractivity contribution in [2.75, 3.05) is 19.7 Å². The van der Waals surface area contributed by atoms with Gasteiger partial charge >= 0.3 is 0 Å². The molecule has 0 saturated carbocycles. The molecule has 3 rings (SSSR count). The van der Waals surface area contributed by atoms with E-state index in [0.29, 0.717) is 25.6 Å². The van der Waals surface area contributed by atoms with Gasteiger partial charge < -0.3 is 15.4 Å². The van der Waals surface area contributed by atoms with Crippen LogP contribution >= 0.6 is 0 Å². The van der Waals surface area contributed by atoms with E-state index in [1.165, 1.54) is 12.1 Å². The molecule has 0 bridgehead atoms. The monoisotopic (exact) mass is 383 g/mol. The van der Waals surface area contributed by atoms with Crippen LogP contribution in [0.1, 0.15) is 24.1 Å². The van der Waals surface area contributed by atoms with Crippen molar-refractivity contribution in [3.63, 3.8) is 0 Å². The summed E-state index contributed by atoms with van der Waals surface area (Å²) in [5.74, 6) is 0.699. The molecule has 0 amide bonds. The molecule has 2 heterocycles. The first-order valence-corrected chi connectivity index (χ1v) is 9.48. The molecule has 1 aromatic carbocycles. The van der Waals surface area contributed by atoms with Gasteiger partial charge in [0.05, 0.1) is 17.6 Å². The van der Waals surface area contributed by atoms with Crippen LogP contribution in [0.3, 0.4) is 0 Å². The molecule has 148 valence electrons. The van der Waals surface area contributed by atoms with E-state index in [4.69, 9.17) is 4.74 Å². The lowest BCUT2D eigenvalue weighted by Crippen LogP contribution is -2.42. The minimum atomic E-state index is -0.402. The fraction of sp³-hybridized carbons (Fsp3) is 0.400. The third-order valence-electron chi connectivity index (χ3n) is 4.49. The predicted molar refractivity (Wildman–Crippen MR) is 107 cm³/mol. The third-order valence-corrected chi connectivity index (χ3v) is 4.49. The summed E-state index contributed by atoms with van der Waals surface area (Å²) < 4.78 is 5.66. The van der Waals surface area contributed by atoms with Crippen LogP contribution in [0.2, 0.25) is 0 Å². The van der Waals surface area contributed by atoms with Gasteiger partial charge in [0.15, 0.2) is 5.96 Å². The summed E-state index contributed by atoms with van der Waals surface area (Å²) in [5, 5.41) is 17.4. The molecule has 1 atom stereocenters. The maximum absolute atomic E-state index is 10.8. The Hall–Kier alpha value is -3.00. The van der Waals surface area contributed by atoms with E-state index in [9.17, 15) is 10.1 Å². The van der Waals surface area contributed by atoms with Crippen molar-refractivity contribution in [1.29, 1.82) is 0 Å². The number of nitro groups is 1. The van der Waals surface area contributed by atoms with Crippen molar-refractivity contribution < 1.29 is 9.66 Å². The highest BCUT2D eigenvalue weighted by molar-refractivity contribution is 5.79. The van der Waals surface area contributed by atoms with Gasteiger partial charge in [0.25, 0.3) is 5.69 Å². The fourth-order valence-corrected chi connectivity index (χ4v) is 2.94. The SMILES string of the molecule is O=[N+]([O-])c1ccc(CN=C(NCCc2ccccn2)NCC2CCCO2)cc1. The lowest BCUT2D eigenvalue weighted by atomic mass is 10.2. The average Bonchev–Trinajstić information content (AvgIpc) is 3.24. The number of aromatic nitrogens is 1. The second kappa shape index (κ2) is 10.4. The second-order valence-corrected chi connectivity index (χ2v) is 6.60. The Bertz CT molecular complexity index is 774. The van der Waals surface area contributed by atoms with E-state index < -0.39 is 4.92 Å². The van der Waals surface area contributed by atoms with Gasteiger partial charge in [-0.3, -0.25) is 15.1 Å². The number of aliphatic imine (C=N–C) groups is 1. The fourth-order valence-electron chi connectivity index (χ4n) is 2.94. The lowest BCUT2D eigenvalue weighted by molar-refractivity contribution is -0.384. The summed E-state index contributed by atoms with van der Waals surface area (Å²) in [4.78, 5) is 19.3. The number of benzene rings is 1. The first kappa shape index (κ1) is 19.8. The Balaban J connectivity index is 1.56. The van der Waals surface area contributed by atoms with Crippen LogP contribution in [-0.4, -0.2) is 41.7 Å². The van der Waals surface area contributed by atoms with E-state index in [2.05, 4.69) is 20.6 Å². The van der Waals surface area contributed by atoms with Crippen molar-refractivity contribution >= 4 is 11.6 Å². The minimum absolute atomic E-state index is 0.0814. The number of guanidine groups is 1. The zero-order valence-electron chi connectivity index (χ0n) is 15.7. The molecule has 28 heavy (non-hydrogen) atoms. The lowest BCUT2D eigenvalue weighted by Gasteiger charge is -2.15. The summed E-state index contributed by atoms with van der Waals surface area (Å²) >= 11 is 0. The Morgan fingerprint density at radius 3 is 2.79 bits per heavy atom. The van der Waals surface area contributed by atoms with Crippen molar-refractivity contribution in [2.45, 2.75) is 31.9 Å². The summed E-state index contributed by atoms with van der Waals surface area (Å²) in [7, 11) is 0. The number of hydrogen-bond acceptors (Lipinski definition) is 5. The smallest absolute Gasteiger partial charge is 0.269 e. The molecule has 1 saturated heterocycles. The molecule has 1 unspecified atom stereocenters. The predicted octanol–water partition coefficient (Wildman–Crippen LogP) is 2.45. The van der Waals surface area contributed by atoms with E-state index in [1.54, 1.807) is 18.3 Å². The first-order valence-electron chi connectivity index (χ1n) is 9.48. The quantitative estimate of drug-likeness (QED) is 0.314. The highest BCUT2D eigenvalue weighted by Gasteiger charge is 2.15.